The van der Waals surface area contributed by atoms with E-state index in [1.165, 1.54) is 49.6 Å². The van der Waals surface area contributed by atoms with Crippen molar-refractivity contribution in [3.8, 4) is 5.75 Å². The van der Waals surface area contributed by atoms with E-state index >= 15 is 0 Å². The lowest BCUT2D eigenvalue weighted by molar-refractivity contribution is 0.0693. The molecular weight excluding hydrogens is 538 g/mol. The maximum Gasteiger partial charge on any atom is 0.261 e. The minimum atomic E-state index is -4.08. The number of hydrogen-bond acceptors (Lipinski definition) is 6. The zero-order valence-electron chi connectivity index (χ0n) is 22.4. The van der Waals surface area contributed by atoms with Crippen LogP contribution < -0.4 is 14.2 Å². The molecule has 3 aromatic carbocycles. The van der Waals surface area contributed by atoms with Crippen molar-refractivity contribution >= 4 is 37.3 Å². The van der Waals surface area contributed by atoms with Crippen LogP contribution in [0, 0.1) is 19.8 Å². The third kappa shape index (κ3) is 6.54. The quantitative estimate of drug-likeness (QED) is 0.401. The average Bonchev–Trinajstić information content (AvgIpc) is 2.90. The highest BCUT2D eigenvalue weighted by molar-refractivity contribution is 7.93. The van der Waals surface area contributed by atoms with Crippen molar-refractivity contribution in [3.05, 3.63) is 77.4 Å². The number of nitrogens with one attached hydrogen (secondary N) is 2. The monoisotopic (exact) mass is 571 g/mol. The fourth-order valence-electron chi connectivity index (χ4n) is 4.45. The van der Waals surface area contributed by atoms with Gasteiger partial charge < -0.3 is 9.64 Å². The number of benzene rings is 3. The normalized spacial score (nSPS) is 14.6. The van der Waals surface area contributed by atoms with E-state index in [1.54, 1.807) is 11.0 Å². The van der Waals surface area contributed by atoms with Gasteiger partial charge in [0.15, 0.2) is 0 Å². The summed E-state index contributed by atoms with van der Waals surface area (Å²) < 4.78 is 62.5. The number of sulfonamides is 2. The van der Waals surface area contributed by atoms with Gasteiger partial charge in [-0.15, -0.1) is 0 Å². The van der Waals surface area contributed by atoms with Crippen molar-refractivity contribution in [1.29, 1.82) is 0 Å². The van der Waals surface area contributed by atoms with Crippen LogP contribution in [0.15, 0.2) is 70.5 Å². The number of piperidine rings is 1. The first-order valence-corrected chi connectivity index (χ1v) is 15.6. The first-order chi connectivity index (χ1) is 18.4. The maximum absolute atomic E-state index is 13.2. The second kappa shape index (κ2) is 11.3. The molecule has 1 saturated heterocycles. The Balaban J connectivity index is 1.53. The van der Waals surface area contributed by atoms with Gasteiger partial charge in [0, 0.05) is 18.8 Å². The summed E-state index contributed by atoms with van der Waals surface area (Å²) in [5, 5.41) is 0. The van der Waals surface area contributed by atoms with E-state index in [0.717, 1.165) is 24.0 Å². The molecule has 0 unspecified atom stereocenters. The van der Waals surface area contributed by atoms with Gasteiger partial charge in [0.25, 0.3) is 26.0 Å². The van der Waals surface area contributed by atoms with Crippen LogP contribution in [0.2, 0.25) is 0 Å². The van der Waals surface area contributed by atoms with E-state index in [4.69, 9.17) is 4.74 Å². The highest BCUT2D eigenvalue weighted by atomic mass is 32.2. The molecule has 3 aromatic rings. The summed E-state index contributed by atoms with van der Waals surface area (Å²) in [6.45, 7) is 7.08. The highest BCUT2D eigenvalue weighted by Gasteiger charge is 2.26. The van der Waals surface area contributed by atoms with Crippen LogP contribution in [-0.2, 0) is 20.0 Å². The number of ether oxygens (including phenoxy) is 1. The van der Waals surface area contributed by atoms with E-state index < -0.39 is 20.0 Å². The number of carbonyl (C=O) groups is 1. The lowest BCUT2D eigenvalue weighted by Gasteiger charge is -2.30. The third-order valence-electron chi connectivity index (χ3n) is 6.83. The highest BCUT2D eigenvalue weighted by Crippen LogP contribution is 2.28. The molecule has 0 atom stereocenters. The number of anilines is 2. The summed E-state index contributed by atoms with van der Waals surface area (Å²) in [7, 11) is -6.53. The van der Waals surface area contributed by atoms with Gasteiger partial charge in [-0.1, -0.05) is 24.6 Å². The molecule has 11 heteroatoms. The molecule has 9 nitrogen and oxygen atoms in total. The molecular formula is C28H33N3O6S2. The summed E-state index contributed by atoms with van der Waals surface area (Å²) in [4.78, 5) is 14.8. The Morgan fingerprint density at radius 1 is 0.846 bits per heavy atom. The van der Waals surface area contributed by atoms with Gasteiger partial charge in [0.2, 0.25) is 0 Å². The van der Waals surface area contributed by atoms with E-state index in [2.05, 4.69) is 16.4 Å². The fraction of sp³-hybridized carbons (Fsp3) is 0.321. The molecule has 39 heavy (non-hydrogen) atoms. The van der Waals surface area contributed by atoms with Crippen molar-refractivity contribution in [3.63, 3.8) is 0 Å². The molecule has 0 aromatic heterocycles. The Hall–Kier alpha value is -3.57. The number of hydrogen-bond donors (Lipinski definition) is 2. The Morgan fingerprint density at radius 2 is 1.46 bits per heavy atom. The lowest BCUT2D eigenvalue weighted by Crippen LogP contribution is -2.38. The van der Waals surface area contributed by atoms with Gasteiger partial charge in [-0.25, -0.2) is 16.8 Å². The largest absolute Gasteiger partial charge is 0.496 e. The molecule has 1 aliphatic heterocycles. The molecule has 4 rings (SSSR count). The van der Waals surface area contributed by atoms with Gasteiger partial charge in [0.05, 0.1) is 28.2 Å². The van der Waals surface area contributed by atoms with Crippen molar-refractivity contribution in [2.75, 3.05) is 29.6 Å². The summed E-state index contributed by atoms with van der Waals surface area (Å²) in [6.07, 6.45) is 1.78. The van der Waals surface area contributed by atoms with E-state index in [-0.39, 0.29) is 26.9 Å². The molecule has 0 spiro atoms. The molecule has 1 heterocycles. The van der Waals surface area contributed by atoms with Crippen LogP contribution in [0.5, 0.6) is 5.75 Å². The van der Waals surface area contributed by atoms with Crippen LogP contribution in [0.4, 0.5) is 11.4 Å². The van der Waals surface area contributed by atoms with E-state index in [1.807, 2.05) is 26.0 Å². The fourth-order valence-corrected chi connectivity index (χ4v) is 6.67. The maximum atomic E-state index is 13.2. The van der Waals surface area contributed by atoms with E-state index in [9.17, 15) is 21.6 Å². The zero-order chi connectivity index (χ0) is 28.4. The lowest BCUT2D eigenvalue weighted by atomic mass is 9.98. The Morgan fingerprint density at radius 3 is 2.08 bits per heavy atom. The molecule has 2 N–H and O–H groups in total. The number of methoxy groups -OCH3 is 1. The molecule has 1 amide bonds. The molecule has 0 radical (unpaired) electrons. The molecule has 0 saturated carbocycles. The summed E-state index contributed by atoms with van der Waals surface area (Å²) in [5.74, 6) is 0.556. The van der Waals surface area contributed by atoms with E-state index in [0.29, 0.717) is 30.4 Å². The van der Waals surface area contributed by atoms with Crippen molar-refractivity contribution < 1.29 is 26.4 Å². The number of likely N-dealkylation sites (tertiary alicyclic amines) is 1. The van der Waals surface area contributed by atoms with Gasteiger partial charge in [-0.2, -0.15) is 0 Å². The van der Waals surface area contributed by atoms with Crippen LogP contribution >= 0.6 is 0 Å². The molecule has 0 aliphatic carbocycles. The summed E-state index contributed by atoms with van der Waals surface area (Å²) in [5.41, 5.74) is 2.62. The zero-order valence-corrected chi connectivity index (χ0v) is 24.0. The number of carbonyl (C=O) groups excluding carboxylic acids is 1. The van der Waals surface area contributed by atoms with Gasteiger partial charge >= 0.3 is 0 Å². The first kappa shape index (κ1) is 28.4. The minimum Gasteiger partial charge on any atom is -0.496 e. The topological polar surface area (TPSA) is 122 Å². The van der Waals surface area contributed by atoms with Crippen LogP contribution in [0.25, 0.3) is 0 Å². The predicted molar refractivity (Wildman–Crippen MR) is 151 cm³/mol. The molecule has 0 bridgehead atoms. The molecule has 208 valence electrons. The van der Waals surface area contributed by atoms with Crippen LogP contribution in [0.3, 0.4) is 0 Å². The first-order valence-electron chi connectivity index (χ1n) is 12.6. The van der Waals surface area contributed by atoms with Gasteiger partial charge in [-0.3, -0.25) is 14.2 Å². The molecule has 1 aliphatic rings. The predicted octanol–water partition coefficient (Wildman–Crippen LogP) is 4.79. The SMILES string of the molecule is COc1ccc(S(=O)(=O)Nc2ccc(S(=O)(=O)Nc3ccc(C)cc3C)cc2)cc1C(=O)N1CCC(C)CC1. The average molecular weight is 572 g/mol. The Labute approximate surface area is 230 Å². The number of nitrogens with zero attached hydrogens (tertiary/aromatic N) is 1. The second-order valence-corrected chi connectivity index (χ2v) is 13.3. The Bertz CT molecular complexity index is 1580. The van der Waals surface area contributed by atoms with Crippen molar-refractivity contribution in [2.24, 2.45) is 5.92 Å². The Kier molecular flexibility index (Phi) is 8.22. The smallest absolute Gasteiger partial charge is 0.261 e. The third-order valence-corrected chi connectivity index (χ3v) is 9.59. The summed E-state index contributed by atoms with van der Waals surface area (Å²) in [6, 6.07) is 14.9. The second-order valence-electron chi connectivity index (χ2n) is 9.89. The van der Waals surface area contributed by atoms with Gasteiger partial charge in [0.1, 0.15) is 5.75 Å². The number of rotatable bonds is 8. The minimum absolute atomic E-state index is 0.0152. The van der Waals surface area contributed by atoms with Crippen LogP contribution in [0.1, 0.15) is 41.3 Å². The number of aryl methyl sites for hydroxylation is 2. The van der Waals surface area contributed by atoms with Crippen molar-refractivity contribution in [1.82, 2.24) is 4.90 Å². The van der Waals surface area contributed by atoms with Crippen molar-refractivity contribution in [2.45, 2.75) is 43.4 Å². The standard InChI is InChI=1S/C28H33N3O6S2/c1-19-13-15-31(16-14-19)28(32)25-18-24(10-12-27(25)37-4)39(35,36)29-22-6-8-23(9-7-22)38(33,34)30-26-11-5-20(2)17-21(26)3/h5-12,17-19,29-30H,13-16H2,1-4H3. The van der Waals surface area contributed by atoms with Crippen LogP contribution in [-0.4, -0.2) is 47.8 Å². The molecule has 1 fully saturated rings. The van der Waals surface area contributed by atoms with Gasteiger partial charge in [-0.05, 0) is 86.7 Å². The summed E-state index contributed by atoms with van der Waals surface area (Å²) >= 11 is 0. The number of amides is 1.